The predicted octanol–water partition coefficient (Wildman–Crippen LogP) is 6.24. The van der Waals surface area contributed by atoms with Gasteiger partial charge in [0.2, 0.25) is 0 Å². The third-order valence-corrected chi connectivity index (χ3v) is 5.92. The molecule has 0 aliphatic carbocycles. The monoisotopic (exact) mass is 475 g/mol. The van der Waals surface area contributed by atoms with E-state index in [1.54, 1.807) is 42.5 Å². The number of benzene rings is 3. The third kappa shape index (κ3) is 5.14. The molecule has 0 radical (unpaired) electrons. The number of anilines is 2. The Morgan fingerprint density at radius 3 is 2.76 bits per heavy atom. The number of amides is 1. The molecule has 0 bridgehead atoms. The summed E-state index contributed by atoms with van der Waals surface area (Å²) in [6.07, 6.45) is 3.15. The van der Waals surface area contributed by atoms with Gasteiger partial charge >= 0.3 is 0 Å². The van der Waals surface area contributed by atoms with Gasteiger partial charge in [0, 0.05) is 11.1 Å². The largest absolute Gasteiger partial charge is 0.493 e. The number of nitriles is 1. The van der Waals surface area contributed by atoms with E-state index in [0.717, 1.165) is 15.8 Å². The number of halogens is 1. The molecule has 8 heteroatoms. The Morgan fingerprint density at radius 1 is 1.15 bits per heavy atom. The second kappa shape index (κ2) is 10.2. The normalized spacial score (nSPS) is 10.8. The molecule has 4 rings (SSSR count). The molecule has 1 heterocycles. The quantitative estimate of drug-likeness (QED) is 0.296. The average molecular weight is 476 g/mol. The van der Waals surface area contributed by atoms with E-state index in [9.17, 15) is 4.79 Å². The van der Waals surface area contributed by atoms with Gasteiger partial charge in [0.15, 0.2) is 23.2 Å². The highest BCUT2D eigenvalue weighted by Crippen LogP contribution is 2.35. The number of nitrogens with zero attached hydrogens (tertiary/aromatic N) is 3. The van der Waals surface area contributed by atoms with Gasteiger partial charge in [-0.25, -0.2) is 4.98 Å². The van der Waals surface area contributed by atoms with Crippen molar-refractivity contribution >= 4 is 56.0 Å². The van der Waals surface area contributed by atoms with Gasteiger partial charge in [-0.1, -0.05) is 47.2 Å². The number of hydrogen-bond acceptors (Lipinski definition) is 6. The zero-order valence-corrected chi connectivity index (χ0v) is 19.1. The molecule has 0 aliphatic rings. The molecule has 6 nitrogen and oxygen atoms in total. The van der Waals surface area contributed by atoms with Gasteiger partial charge in [-0.05, 0) is 54.1 Å². The van der Waals surface area contributed by atoms with Crippen LogP contribution in [-0.4, -0.2) is 24.6 Å². The first-order valence-electron chi connectivity index (χ1n) is 9.90. The topological polar surface area (TPSA) is 75.4 Å². The van der Waals surface area contributed by atoms with Gasteiger partial charge in [0.05, 0.1) is 23.0 Å². The van der Waals surface area contributed by atoms with Crippen LogP contribution in [0.5, 0.6) is 11.5 Å². The Labute approximate surface area is 199 Å². The maximum absolute atomic E-state index is 13.3. The van der Waals surface area contributed by atoms with Crippen LogP contribution in [-0.2, 0) is 4.79 Å². The van der Waals surface area contributed by atoms with E-state index in [4.69, 9.17) is 26.3 Å². The number of carbonyl (C=O) groups excluding carboxylic acids is 1. The number of fused-ring (bicyclic) bond motifs is 1. The average Bonchev–Trinajstić information content (AvgIpc) is 3.25. The van der Waals surface area contributed by atoms with Gasteiger partial charge in [0.25, 0.3) is 5.91 Å². The summed E-state index contributed by atoms with van der Waals surface area (Å²) in [6.45, 7) is -0.0825. The Bertz CT molecular complexity index is 1340. The van der Waals surface area contributed by atoms with Crippen molar-refractivity contribution in [3.8, 4) is 17.6 Å². The molecule has 3 aromatic carbocycles. The zero-order valence-electron chi connectivity index (χ0n) is 17.6. The molecule has 164 valence electrons. The number of para-hydroxylation sites is 1. The van der Waals surface area contributed by atoms with Crippen LogP contribution in [0.25, 0.3) is 16.3 Å². The van der Waals surface area contributed by atoms with E-state index in [1.165, 1.54) is 29.4 Å². The van der Waals surface area contributed by atoms with E-state index < -0.39 is 0 Å². The zero-order chi connectivity index (χ0) is 23.2. The lowest BCUT2D eigenvalue weighted by Crippen LogP contribution is -2.23. The molecule has 0 atom stereocenters. The van der Waals surface area contributed by atoms with Crippen LogP contribution in [0.3, 0.4) is 0 Å². The Kier molecular flexibility index (Phi) is 6.89. The Morgan fingerprint density at radius 2 is 2.00 bits per heavy atom. The van der Waals surface area contributed by atoms with Gasteiger partial charge in [-0.3, -0.25) is 9.69 Å². The van der Waals surface area contributed by atoms with Gasteiger partial charge < -0.3 is 9.47 Å². The molecule has 0 saturated carbocycles. The van der Waals surface area contributed by atoms with Crippen LogP contribution >= 0.6 is 22.9 Å². The molecule has 0 fully saturated rings. The SMILES string of the molecule is COc1cc(C=CC(=O)N(c2cccc(Cl)c2)c2nc3ccccc3s2)ccc1OCC#N. The van der Waals surface area contributed by atoms with Crippen molar-refractivity contribution in [2.24, 2.45) is 0 Å². The summed E-state index contributed by atoms with van der Waals surface area (Å²) in [4.78, 5) is 19.5. The summed E-state index contributed by atoms with van der Waals surface area (Å²) in [5, 5.41) is 9.78. The first-order valence-corrected chi connectivity index (χ1v) is 11.1. The molecule has 0 saturated heterocycles. The molecular weight excluding hydrogens is 458 g/mol. The Hall–Kier alpha value is -3.86. The van der Waals surface area contributed by atoms with E-state index in [-0.39, 0.29) is 12.5 Å². The molecule has 0 aliphatic heterocycles. The van der Waals surface area contributed by atoms with Crippen LogP contribution in [0.1, 0.15) is 5.56 Å². The fourth-order valence-corrected chi connectivity index (χ4v) is 4.34. The number of ether oxygens (including phenoxy) is 2. The van der Waals surface area contributed by atoms with Crippen molar-refractivity contribution in [3.63, 3.8) is 0 Å². The predicted molar refractivity (Wildman–Crippen MR) is 131 cm³/mol. The van der Waals surface area contributed by atoms with Crippen LogP contribution in [0.15, 0.2) is 72.8 Å². The number of carbonyl (C=O) groups is 1. The van der Waals surface area contributed by atoms with Gasteiger partial charge in [-0.2, -0.15) is 5.26 Å². The molecule has 0 unspecified atom stereocenters. The van der Waals surface area contributed by atoms with Crippen molar-refractivity contribution in [2.75, 3.05) is 18.6 Å². The fourth-order valence-electron chi connectivity index (χ4n) is 3.16. The van der Waals surface area contributed by atoms with Crippen molar-refractivity contribution in [1.82, 2.24) is 4.98 Å². The highest BCUT2D eigenvalue weighted by Gasteiger charge is 2.20. The van der Waals surface area contributed by atoms with Crippen molar-refractivity contribution < 1.29 is 14.3 Å². The van der Waals surface area contributed by atoms with Crippen LogP contribution in [0.4, 0.5) is 10.8 Å². The summed E-state index contributed by atoms with van der Waals surface area (Å²) in [5.41, 5.74) is 2.17. The second-order valence-electron chi connectivity index (χ2n) is 6.81. The Balaban J connectivity index is 1.67. The molecule has 0 spiro atoms. The van der Waals surface area contributed by atoms with Gasteiger partial charge in [0.1, 0.15) is 6.07 Å². The van der Waals surface area contributed by atoms with Crippen molar-refractivity contribution in [3.05, 3.63) is 83.4 Å². The van der Waals surface area contributed by atoms with E-state index in [2.05, 4.69) is 4.98 Å². The summed E-state index contributed by atoms with van der Waals surface area (Å²) in [6, 6.07) is 21.9. The number of methoxy groups -OCH3 is 1. The summed E-state index contributed by atoms with van der Waals surface area (Å²) < 4.78 is 11.7. The van der Waals surface area contributed by atoms with Crippen molar-refractivity contribution in [1.29, 1.82) is 5.26 Å². The minimum atomic E-state index is -0.278. The maximum Gasteiger partial charge on any atom is 0.257 e. The third-order valence-electron chi connectivity index (χ3n) is 4.66. The summed E-state index contributed by atoms with van der Waals surface area (Å²) >= 11 is 7.62. The fraction of sp³-hybridized carbons (Fsp3) is 0.0800. The smallest absolute Gasteiger partial charge is 0.257 e. The summed E-state index contributed by atoms with van der Waals surface area (Å²) in [5.74, 6) is 0.648. The maximum atomic E-state index is 13.3. The number of thiazole rings is 1. The molecule has 4 aromatic rings. The second-order valence-corrected chi connectivity index (χ2v) is 8.25. The van der Waals surface area contributed by atoms with E-state index in [1.807, 2.05) is 36.4 Å². The molecular formula is C25H18ClN3O3S. The lowest BCUT2D eigenvalue weighted by Gasteiger charge is -2.18. The van der Waals surface area contributed by atoms with Crippen molar-refractivity contribution in [2.45, 2.75) is 0 Å². The minimum absolute atomic E-state index is 0.0825. The molecule has 1 amide bonds. The number of rotatable bonds is 7. The van der Waals surface area contributed by atoms with Crippen LogP contribution < -0.4 is 14.4 Å². The highest BCUT2D eigenvalue weighted by molar-refractivity contribution is 7.22. The lowest BCUT2D eigenvalue weighted by molar-refractivity contribution is -0.113. The highest BCUT2D eigenvalue weighted by atomic mass is 35.5. The van der Waals surface area contributed by atoms with Gasteiger partial charge in [-0.15, -0.1) is 0 Å². The van der Waals surface area contributed by atoms with E-state index >= 15 is 0 Å². The lowest BCUT2D eigenvalue weighted by atomic mass is 10.2. The first kappa shape index (κ1) is 22.3. The van der Waals surface area contributed by atoms with Crippen LogP contribution in [0, 0.1) is 11.3 Å². The minimum Gasteiger partial charge on any atom is -0.493 e. The van der Waals surface area contributed by atoms with Crippen LogP contribution in [0.2, 0.25) is 5.02 Å². The standard InChI is InChI=1S/C25H18ClN3O3S/c1-31-22-15-17(9-11-21(22)32-14-13-27)10-12-24(30)29(19-6-4-5-18(26)16-19)25-28-20-7-2-3-8-23(20)33-25/h2-12,15-16H,14H2,1H3. The molecule has 33 heavy (non-hydrogen) atoms. The molecule has 0 N–H and O–H groups in total. The van der Waals surface area contributed by atoms with E-state index in [0.29, 0.717) is 27.3 Å². The first-order chi connectivity index (χ1) is 16.1. The molecule has 1 aromatic heterocycles. The summed E-state index contributed by atoms with van der Waals surface area (Å²) in [7, 11) is 1.52. The number of aromatic nitrogens is 1. The number of hydrogen-bond donors (Lipinski definition) is 0.